The van der Waals surface area contributed by atoms with Gasteiger partial charge in [0, 0.05) is 24.6 Å². The van der Waals surface area contributed by atoms with Crippen molar-refractivity contribution in [2.45, 2.75) is 27.7 Å². The van der Waals surface area contributed by atoms with E-state index in [0.717, 1.165) is 0 Å². The molecule has 16 heavy (non-hydrogen) atoms. The van der Waals surface area contributed by atoms with Gasteiger partial charge in [-0.1, -0.05) is 27.7 Å². The second-order valence-corrected chi connectivity index (χ2v) is 4.89. The third-order valence-corrected chi connectivity index (χ3v) is 3.84. The highest BCUT2D eigenvalue weighted by Crippen LogP contribution is 2.02. The Morgan fingerprint density at radius 2 is 1.00 bits per heavy atom. The largest absolute Gasteiger partial charge is 0.303 e. The fraction of sp³-hybridized carbons (Fsp3) is 1.00. The van der Waals surface area contributed by atoms with Crippen LogP contribution in [0.1, 0.15) is 27.7 Å². The molecule has 0 fully saturated rings. The van der Waals surface area contributed by atoms with Crippen LogP contribution in [0.15, 0.2) is 0 Å². The van der Waals surface area contributed by atoms with E-state index >= 15 is 0 Å². The van der Waals surface area contributed by atoms with Crippen LogP contribution < -0.4 is 0 Å². The maximum atomic E-state index is 2.49. The van der Waals surface area contributed by atoms with Crippen molar-refractivity contribution in [1.82, 2.24) is 9.80 Å². The quantitative estimate of drug-likeness (QED) is 0.563. The van der Waals surface area contributed by atoms with E-state index in [9.17, 15) is 0 Å². The molecule has 0 radical (unpaired) electrons. The molecule has 0 aromatic heterocycles. The van der Waals surface area contributed by atoms with Crippen LogP contribution in [0.3, 0.4) is 0 Å². The van der Waals surface area contributed by atoms with Crippen LogP contribution in [0, 0.1) is 0 Å². The van der Waals surface area contributed by atoms with Crippen LogP contribution in [0.5, 0.6) is 0 Å². The van der Waals surface area contributed by atoms with Gasteiger partial charge in [-0.2, -0.15) is 11.8 Å². The minimum Gasteiger partial charge on any atom is -0.303 e. The lowest BCUT2D eigenvalue weighted by Crippen LogP contribution is -2.27. The van der Waals surface area contributed by atoms with Crippen molar-refractivity contribution in [2.24, 2.45) is 0 Å². The Labute approximate surface area is 113 Å². The summed E-state index contributed by atoms with van der Waals surface area (Å²) in [4.78, 5) is 4.98. The highest BCUT2D eigenvalue weighted by molar-refractivity contribution is 7.99. The van der Waals surface area contributed by atoms with Gasteiger partial charge < -0.3 is 9.80 Å². The van der Waals surface area contributed by atoms with Crippen molar-refractivity contribution in [3.63, 3.8) is 0 Å². The standard InChI is InChI=1S/C12H28N2S.ClH/c1-5-13(6-2)9-11-15-12-10-14(7-3)8-4;/h5-12H2,1-4H3;1H. The van der Waals surface area contributed by atoms with Gasteiger partial charge in [-0.3, -0.25) is 0 Å². The van der Waals surface area contributed by atoms with Crippen LogP contribution >= 0.6 is 24.2 Å². The van der Waals surface area contributed by atoms with Gasteiger partial charge in [-0.25, -0.2) is 0 Å². The molecule has 0 amide bonds. The number of nitrogens with zero attached hydrogens (tertiary/aromatic N) is 2. The lowest BCUT2D eigenvalue weighted by atomic mass is 10.5. The normalized spacial score (nSPS) is 10.9. The molecule has 0 aromatic rings. The lowest BCUT2D eigenvalue weighted by molar-refractivity contribution is 0.320. The summed E-state index contributed by atoms with van der Waals surface area (Å²) in [6.07, 6.45) is 0. The predicted molar refractivity (Wildman–Crippen MR) is 80.1 cm³/mol. The first kappa shape index (κ1) is 18.9. The maximum absolute atomic E-state index is 2.49. The molecular formula is C12H29ClN2S. The molecule has 100 valence electrons. The zero-order chi connectivity index (χ0) is 11.5. The fourth-order valence-corrected chi connectivity index (χ4v) is 2.55. The van der Waals surface area contributed by atoms with Gasteiger partial charge in [0.2, 0.25) is 0 Å². The molecule has 2 nitrogen and oxygen atoms in total. The molecule has 0 aromatic carbocycles. The van der Waals surface area contributed by atoms with E-state index in [2.05, 4.69) is 49.3 Å². The molecule has 0 atom stereocenters. The first-order valence-corrected chi connectivity index (χ1v) is 7.46. The van der Waals surface area contributed by atoms with E-state index in [1.807, 2.05) is 0 Å². The van der Waals surface area contributed by atoms with Crippen molar-refractivity contribution < 1.29 is 0 Å². The van der Waals surface area contributed by atoms with Crippen LogP contribution in [-0.2, 0) is 0 Å². The average molecular weight is 269 g/mol. The van der Waals surface area contributed by atoms with E-state index in [1.54, 1.807) is 0 Å². The first-order valence-electron chi connectivity index (χ1n) is 6.30. The van der Waals surface area contributed by atoms with Gasteiger partial charge in [0.05, 0.1) is 0 Å². The van der Waals surface area contributed by atoms with Crippen molar-refractivity contribution in [2.75, 3.05) is 50.8 Å². The predicted octanol–water partition coefficient (Wildman–Crippen LogP) is 2.83. The molecule has 0 saturated carbocycles. The molecule has 0 spiro atoms. The molecular weight excluding hydrogens is 240 g/mol. The van der Waals surface area contributed by atoms with E-state index in [1.165, 1.54) is 50.8 Å². The van der Waals surface area contributed by atoms with Crippen LogP contribution in [0.2, 0.25) is 0 Å². The van der Waals surface area contributed by atoms with Gasteiger partial charge in [-0.05, 0) is 26.2 Å². The van der Waals surface area contributed by atoms with Gasteiger partial charge in [-0.15, -0.1) is 12.4 Å². The zero-order valence-electron chi connectivity index (χ0n) is 11.4. The SMILES string of the molecule is CCN(CC)CCSCCN(CC)CC.Cl. The Hall–Kier alpha value is 0.560. The monoisotopic (exact) mass is 268 g/mol. The Morgan fingerprint density at radius 3 is 1.25 bits per heavy atom. The average Bonchev–Trinajstić information content (AvgIpc) is 2.29. The van der Waals surface area contributed by atoms with E-state index in [0.29, 0.717) is 0 Å². The Morgan fingerprint density at radius 1 is 0.688 bits per heavy atom. The first-order chi connectivity index (χ1) is 7.28. The molecule has 0 aliphatic carbocycles. The molecule has 0 bridgehead atoms. The van der Waals surface area contributed by atoms with Crippen LogP contribution in [0.4, 0.5) is 0 Å². The van der Waals surface area contributed by atoms with Crippen molar-refractivity contribution in [3.05, 3.63) is 0 Å². The Balaban J connectivity index is 0. The van der Waals surface area contributed by atoms with Crippen LogP contribution in [-0.4, -0.2) is 60.6 Å². The van der Waals surface area contributed by atoms with Crippen LogP contribution in [0.25, 0.3) is 0 Å². The van der Waals surface area contributed by atoms with Crippen molar-refractivity contribution in [1.29, 1.82) is 0 Å². The van der Waals surface area contributed by atoms with Crippen molar-refractivity contribution in [3.8, 4) is 0 Å². The minimum absolute atomic E-state index is 0. The third-order valence-electron chi connectivity index (χ3n) is 2.89. The molecule has 0 N–H and O–H groups in total. The van der Waals surface area contributed by atoms with Gasteiger partial charge in [0.25, 0.3) is 0 Å². The summed E-state index contributed by atoms with van der Waals surface area (Å²) < 4.78 is 0. The van der Waals surface area contributed by atoms with Gasteiger partial charge in [0.15, 0.2) is 0 Å². The van der Waals surface area contributed by atoms with Crippen molar-refractivity contribution >= 4 is 24.2 Å². The summed E-state index contributed by atoms with van der Waals surface area (Å²) >= 11 is 2.09. The topological polar surface area (TPSA) is 6.48 Å². The summed E-state index contributed by atoms with van der Waals surface area (Å²) in [6.45, 7) is 16.2. The summed E-state index contributed by atoms with van der Waals surface area (Å²) in [5, 5.41) is 0. The van der Waals surface area contributed by atoms with E-state index < -0.39 is 0 Å². The number of thioether (sulfide) groups is 1. The third kappa shape index (κ3) is 9.76. The maximum Gasteiger partial charge on any atom is 0.00721 e. The second-order valence-electron chi connectivity index (χ2n) is 3.67. The van der Waals surface area contributed by atoms with E-state index in [4.69, 9.17) is 0 Å². The van der Waals surface area contributed by atoms with E-state index in [-0.39, 0.29) is 12.4 Å². The molecule has 4 heteroatoms. The molecule has 0 saturated heterocycles. The van der Waals surface area contributed by atoms with Gasteiger partial charge in [0.1, 0.15) is 0 Å². The zero-order valence-corrected chi connectivity index (χ0v) is 13.0. The molecule has 0 rings (SSSR count). The second kappa shape index (κ2) is 13.6. The summed E-state index contributed by atoms with van der Waals surface area (Å²) in [6, 6.07) is 0. The van der Waals surface area contributed by atoms with Gasteiger partial charge >= 0.3 is 0 Å². The number of halogens is 1. The number of hydrogen-bond acceptors (Lipinski definition) is 3. The molecule has 0 aliphatic rings. The molecule has 0 aliphatic heterocycles. The highest BCUT2D eigenvalue weighted by Gasteiger charge is 2.00. The fourth-order valence-electron chi connectivity index (χ4n) is 1.57. The number of rotatable bonds is 10. The lowest BCUT2D eigenvalue weighted by Gasteiger charge is -2.19. The minimum atomic E-state index is 0. The Kier molecular flexibility index (Phi) is 16.1. The summed E-state index contributed by atoms with van der Waals surface area (Å²) in [5.41, 5.74) is 0. The smallest absolute Gasteiger partial charge is 0.00721 e. The summed E-state index contributed by atoms with van der Waals surface area (Å²) in [7, 11) is 0. The number of hydrogen-bond donors (Lipinski definition) is 0. The molecule has 0 heterocycles. The molecule has 0 unspecified atom stereocenters. The Bertz CT molecular complexity index is 114. The highest BCUT2D eigenvalue weighted by atomic mass is 35.5. The summed E-state index contributed by atoms with van der Waals surface area (Å²) in [5.74, 6) is 2.56.